The van der Waals surface area contributed by atoms with Crippen molar-refractivity contribution in [3.8, 4) is 5.75 Å². The van der Waals surface area contributed by atoms with Gasteiger partial charge in [-0.3, -0.25) is 4.90 Å². The fourth-order valence-electron chi connectivity index (χ4n) is 2.49. The molecule has 1 saturated heterocycles. The number of likely N-dealkylation sites (N-methyl/N-ethyl adjacent to an activating group) is 1. The van der Waals surface area contributed by atoms with E-state index in [1.807, 2.05) is 32.9 Å². The molecular formula is C17H25BrN2O3. The van der Waals surface area contributed by atoms with Crippen molar-refractivity contribution in [3.63, 3.8) is 0 Å². The lowest BCUT2D eigenvalue weighted by molar-refractivity contribution is -0.00587. The Morgan fingerprint density at radius 1 is 1.39 bits per heavy atom. The summed E-state index contributed by atoms with van der Waals surface area (Å²) in [5.41, 5.74) is 0.689. The van der Waals surface area contributed by atoms with Gasteiger partial charge in [0.1, 0.15) is 11.4 Å². The molecule has 1 fully saturated rings. The van der Waals surface area contributed by atoms with Crippen LogP contribution in [0.5, 0.6) is 5.75 Å². The summed E-state index contributed by atoms with van der Waals surface area (Å²) in [4.78, 5) is 16.0. The lowest BCUT2D eigenvalue weighted by atomic mass is 10.1. The zero-order chi connectivity index (χ0) is 17.2. The molecule has 1 aromatic rings. The van der Waals surface area contributed by atoms with Crippen molar-refractivity contribution in [2.45, 2.75) is 39.0 Å². The zero-order valence-corrected chi connectivity index (χ0v) is 16.0. The second-order valence-corrected chi connectivity index (χ2v) is 7.81. The number of carbonyl (C=O) groups is 1. The molecule has 1 aliphatic heterocycles. The van der Waals surface area contributed by atoms with Crippen LogP contribution in [0.15, 0.2) is 22.7 Å². The number of hydrogen-bond donors (Lipinski definition) is 0. The van der Waals surface area contributed by atoms with Crippen LogP contribution in [0.2, 0.25) is 0 Å². The van der Waals surface area contributed by atoms with E-state index in [0.717, 1.165) is 35.4 Å². The van der Waals surface area contributed by atoms with Crippen molar-refractivity contribution in [1.82, 2.24) is 9.80 Å². The molecule has 0 spiro atoms. The van der Waals surface area contributed by atoms with Crippen molar-refractivity contribution in [3.05, 3.63) is 28.2 Å². The third kappa shape index (κ3) is 4.85. The molecule has 0 bridgehead atoms. The van der Waals surface area contributed by atoms with E-state index in [1.54, 1.807) is 19.1 Å². The lowest BCUT2D eigenvalue weighted by Crippen LogP contribution is -2.59. The van der Waals surface area contributed by atoms with Crippen LogP contribution in [-0.4, -0.2) is 54.8 Å². The maximum absolute atomic E-state index is 12.1. The Morgan fingerprint density at radius 2 is 2.04 bits per heavy atom. The van der Waals surface area contributed by atoms with Gasteiger partial charge in [0.05, 0.1) is 13.2 Å². The van der Waals surface area contributed by atoms with Crippen LogP contribution in [-0.2, 0) is 11.3 Å². The molecule has 0 aromatic heterocycles. The molecule has 0 saturated carbocycles. The molecule has 0 unspecified atom stereocenters. The van der Waals surface area contributed by atoms with Crippen LogP contribution in [0.25, 0.3) is 0 Å². The van der Waals surface area contributed by atoms with Gasteiger partial charge in [0.2, 0.25) is 0 Å². The minimum Gasteiger partial charge on any atom is -0.496 e. The number of rotatable bonds is 4. The molecule has 6 heteroatoms. The standard InChI is InChI=1S/C17H25BrN2O3/c1-17(2,3)23-16(21)19(4)14-10-20(11-14)9-12-6-7-13(18)8-15(12)22-5/h6-8,14H,9-11H2,1-5H3. The molecule has 5 nitrogen and oxygen atoms in total. The largest absolute Gasteiger partial charge is 0.496 e. The Hall–Kier alpha value is -1.27. The van der Waals surface area contributed by atoms with Crippen LogP contribution in [0.1, 0.15) is 26.3 Å². The summed E-state index contributed by atoms with van der Waals surface area (Å²) in [6.45, 7) is 8.14. The molecule has 0 N–H and O–H groups in total. The summed E-state index contributed by atoms with van der Waals surface area (Å²) in [6.07, 6.45) is -0.261. The third-order valence-corrected chi connectivity index (χ3v) is 4.30. The molecule has 1 amide bonds. The molecular weight excluding hydrogens is 360 g/mol. The summed E-state index contributed by atoms with van der Waals surface area (Å²) in [5, 5.41) is 0. The van der Waals surface area contributed by atoms with Crippen LogP contribution in [0.3, 0.4) is 0 Å². The van der Waals surface area contributed by atoms with Gasteiger partial charge in [-0.05, 0) is 32.9 Å². The summed E-state index contributed by atoms with van der Waals surface area (Å²) in [5.74, 6) is 0.878. The molecule has 2 rings (SSSR count). The van der Waals surface area contributed by atoms with Gasteiger partial charge >= 0.3 is 6.09 Å². The number of amides is 1. The van der Waals surface area contributed by atoms with E-state index in [0.29, 0.717) is 0 Å². The van der Waals surface area contributed by atoms with Crippen molar-refractivity contribution in [2.75, 3.05) is 27.2 Å². The molecule has 0 atom stereocenters. The van der Waals surface area contributed by atoms with E-state index >= 15 is 0 Å². The van der Waals surface area contributed by atoms with Gasteiger partial charge in [-0.1, -0.05) is 22.0 Å². The molecule has 0 aliphatic carbocycles. The van der Waals surface area contributed by atoms with E-state index < -0.39 is 5.60 Å². The van der Waals surface area contributed by atoms with E-state index in [-0.39, 0.29) is 12.1 Å². The Labute approximate surface area is 146 Å². The van der Waals surface area contributed by atoms with Crippen molar-refractivity contribution < 1.29 is 14.3 Å². The SMILES string of the molecule is COc1cc(Br)ccc1CN1CC(N(C)C(=O)OC(C)(C)C)C1. The highest BCUT2D eigenvalue weighted by Crippen LogP contribution is 2.27. The molecule has 1 aromatic carbocycles. The van der Waals surface area contributed by atoms with Crippen molar-refractivity contribution >= 4 is 22.0 Å². The lowest BCUT2D eigenvalue weighted by Gasteiger charge is -2.44. The minimum absolute atomic E-state index is 0.200. The van der Waals surface area contributed by atoms with Crippen LogP contribution >= 0.6 is 15.9 Å². The smallest absolute Gasteiger partial charge is 0.410 e. The number of methoxy groups -OCH3 is 1. The Morgan fingerprint density at radius 3 is 2.61 bits per heavy atom. The quantitative estimate of drug-likeness (QED) is 0.796. The Kier molecular flexibility index (Phi) is 5.57. The summed E-state index contributed by atoms with van der Waals surface area (Å²) in [6, 6.07) is 6.25. The number of likely N-dealkylation sites (tertiary alicyclic amines) is 1. The Bertz CT molecular complexity index is 565. The van der Waals surface area contributed by atoms with Crippen LogP contribution in [0.4, 0.5) is 4.79 Å². The fraction of sp³-hybridized carbons (Fsp3) is 0.588. The first-order valence-corrected chi connectivity index (χ1v) is 8.49. The van der Waals surface area contributed by atoms with Crippen LogP contribution in [0, 0.1) is 0 Å². The average molecular weight is 385 g/mol. The van der Waals surface area contributed by atoms with Gasteiger partial charge in [0, 0.05) is 36.7 Å². The number of halogens is 1. The van der Waals surface area contributed by atoms with E-state index in [1.165, 1.54) is 0 Å². The normalized spacial score (nSPS) is 15.9. The van der Waals surface area contributed by atoms with Gasteiger partial charge in [0.15, 0.2) is 0 Å². The molecule has 0 radical (unpaired) electrons. The predicted molar refractivity (Wildman–Crippen MR) is 93.8 cm³/mol. The van der Waals surface area contributed by atoms with Gasteiger partial charge in [-0.15, -0.1) is 0 Å². The molecule has 23 heavy (non-hydrogen) atoms. The van der Waals surface area contributed by atoms with Gasteiger partial charge in [-0.25, -0.2) is 4.79 Å². The van der Waals surface area contributed by atoms with Crippen molar-refractivity contribution in [2.24, 2.45) is 0 Å². The number of nitrogens with zero attached hydrogens (tertiary/aromatic N) is 2. The second-order valence-electron chi connectivity index (χ2n) is 6.90. The number of carbonyl (C=O) groups excluding carboxylic acids is 1. The average Bonchev–Trinajstić information content (AvgIpc) is 2.40. The summed E-state index contributed by atoms with van der Waals surface area (Å²) in [7, 11) is 3.48. The Balaban J connectivity index is 1.86. The summed E-state index contributed by atoms with van der Waals surface area (Å²) >= 11 is 3.45. The van der Waals surface area contributed by atoms with Gasteiger partial charge < -0.3 is 14.4 Å². The topological polar surface area (TPSA) is 42.0 Å². The second kappa shape index (κ2) is 7.09. The van der Waals surface area contributed by atoms with Crippen molar-refractivity contribution in [1.29, 1.82) is 0 Å². The maximum atomic E-state index is 12.1. The van der Waals surface area contributed by atoms with Gasteiger partial charge in [-0.2, -0.15) is 0 Å². The fourth-order valence-corrected chi connectivity index (χ4v) is 2.83. The highest BCUT2D eigenvalue weighted by molar-refractivity contribution is 9.10. The molecule has 1 aliphatic rings. The first kappa shape index (κ1) is 18.1. The minimum atomic E-state index is -0.459. The number of hydrogen-bond acceptors (Lipinski definition) is 4. The van der Waals surface area contributed by atoms with E-state index in [2.05, 4.69) is 26.9 Å². The van der Waals surface area contributed by atoms with Crippen LogP contribution < -0.4 is 4.74 Å². The highest BCUT2D eigenvalue weighted by atomic mass is 79.9. The molecule has 1 heterocycles. The monoisotopic (exact) mass is 384 g/mol. The predicted octanol–water partition coefficient (Wildman–Crippen LogP) is 3.51. The first-order chi connectivity index (χ1) is 10.7. The number of benzene rings is 1. The summed E-state index contributed by atoms with van der Waals surface area (Å²) < 4.78 is 11.8. The zero-order valence-electron chi connectivity index (χ0n) is 14.4. The van der Waals surface area contributed by atoms with E-state index in [9.17, 15) is 4.79 Å². The third-order valence-electron chi connectivity index (χ3n) is 3.81. The van der Waals surface area contributed by atoms with E-state index in [4.69, 9.17) is 9.47 Å². The first-order valence-electron chi connectivity index (χ1n) is 7.70. The van der Waals surface area contributed by atoms with Gasteiger partial charge in [0.25, 0.3) is 0 Å². The highest BCUT2D eigenvalue weighted by Gasteiger charge is 2.34. The number of ether oxygens (including phenoxy) is 2. The molecule has 128 valence electrons. The maximum Gasteiger partial charge on any atom is 0.410 e.